The zero-order valence-corrected chi connectivity index (χ0v) is 14.6. The van der Waals surface area contributed by atoms with E-state index in [4.69, 9.17) is 4.74 Å². The Morgan fingerprint density at radius 3 is 2.58 bits per heavy atom. The van der Waals surface area contributed by atoms with Gasteiger partial charge in [0.25, 0.3) is 0 Å². The number of carbonyl (C=O) groups is 1. The number of aliphatic hydroxyl groups is 1. The van der Waals surface area contributed by atoms with Gasteiger partial charge in [-0.05, 0) is 44.8 Å². The van der Waals surface area contributed by atoms with Crippen LogP contribution in [0.1, 0.15) is 56.4 Å². The Labute approximate surface area is 144 Å². The predicted octanol–water partition coefficient (Wildman–Crippen LogP) is 3.10. The number of likely N-dealkylation sites (tertiary alicyclic amines) is 1. The zero-order valence-electron chi connectivity index (χ0n) is 14.6. The number of hydrogen-bond donors (Lipinski definition) is 1. The van der Waals surface area contributed by atoms with Crippen molar-refractivity contribution >= 4 is 5.97 Å². The molecule has 0 bridgehead atoms. The molecule has 4 nitrogen and oxygen atoms in total. The minimum absolute atomic E-state index is 0.272. The molecule has 1 saturated heterocycles. The third-order valence-electron chi connectivity index (χ3n) is 5.71. The molecule has 1 saturated carbocycles. The van der Waals surface area contributed by atoms with Crippen LogP contribution < -0.4 is 0 Å². The van der Waals surface area contributed by atoms with Crippen LogP contribution in [0.25, 0.3) is 0 Å². The normalized spacial score (nSPS) is 25.3. The zero-order chi connectivity index (χ0) is 17.0. The second-order valence-electron chi connectivity index (χ2n) is 7.41. The third kappa shape index (κ3) is 3.81. The van der Waals surface area contributed by atoms with E-state index >= 15 is 0 Å². The first-order chi connectivity index (χ1) is 11.6. The minimum atomic E-state index is -0.974. The number of esters is 1. The smallest absolute Gasteiger partial charge is 0.316 e. The van der Waals surface area contributed by atoms with Gasteiger partial charge in [0.2, 0.25) is 0 Å². The summed E-state index contributed by atoms with van der Waals surface area (Å²) in [7, 11) is 2.08. The highest BCUT2D eigenvalue weighted by Gasteiger charge is 2.44. The van der Waals surface area contributed by atoms with Crippen LogP contribution in [0.3, 0.4) is 0 Å². The summed E-state index contributed by atoms with van der Waals surface area (Å²) in [5.41, 5.74) is -0.107. The predicted molar refractivity (Wildman–Crippen MR) is 93.8 cm³/mol. The molecule has 1 aromatic carbocycles. The largest absolute Gasteiger partial charge is 0.463 e. The van der Waals surface area contributed by atoms with Gasteiger partial charge >= 0.3 is 5.97 Å². The van der Waals surface area contributed by atoms with E-state index < -0.39 is 11.5 Å². The summed E-state index contributed by atoms with van der Waals surface area (Å²) in [5, 5.41) is 11.2. The number of nitrogens with zero attached hydrogens (tertiary/aromatic N) is 1. The van der Waals surface area contributed by atoms with Gasteiger partial charge < -0.3 is 14.7 Å². The Kier molecular flexibility index (Phi) is 5.57. The molecule has 2 fully saturated rings. The van der Waals surface area contributed by atoms with Crippen LogP contribution in [-0.2, 0) is 9.53 Å². The highest BCUT2D eigenvalue weighted by molar-refractivity contribution is 5.80. The van der Waals surface area contributed by atoms with Crippen LogP contribution in [0.4, 0.5) is 0 Å². The topological polar surface area (TPSA) is 49.8 Å². The van der Waals surface area contributed by atoms with Gasteiger partial charge in [0.1, 0.15) is 12.5 Å². The molecule has 1 heterocycles. The van der Waals surface area contributed by atoms with Crippen molar-refractivity contribution in [3.05, 3.63) is 35.9 Å². The monoisotopic (exact) mass is 331 g/mol. The standard InChI is InChI=1S/C20H29NO3/c1-21-14-8-11-17(21)15-24-19(22)18(16-9-4-2-5-10-16)20(23)12-6-3-7-13-20/h2,4-5,9-10,17-18,23H,3,6-8,11-15H2,1H3. The summed E-state index contributed by atoms with van der Waals surface area (Å²) in [6.45, 7) is 1.49. The number of carbonyl (C=O) groups excluding carboxylic acids is 1. The number of benzene rings is 1. The summed E-state index contributed by atoms with van der Waals surface area (Å²) in [6, 6.07) is 9.95. The van der Waals surface area contributed by atoms with E-state index in [1.165, 1.54) is 0 Å². The lowest BCUT2D eigenvalue weighted by atomic mass is 9.73. The maximum atomic E-state index is 12.9. The van der Waals surface area contributed by atoms with Gasteiger partial charge in [-0.25, -0.2) is 0 Å². The van der Waals surface area contributed by atoms with Gasteiger partial charge in [0.15, 0.2) is 0 Å². The van der Waals surface area contributed by atoms with Crippen LogP contribution in [0, 0.1) is 0 Å². The molecule has 0 spiro atoms. The fourth-order valence-electron chi connectivity index (χ4n) is 4.22. The van der Waals surface area contributed by atoms with Gasteiger partial charge in [-0.1, -0.05) is 49.6 Å². The van der Waals surface area contributed by atoms with Crippen molar-refractivity contribution < 1.29 is 14.6 Å². The van der Waals surface area contributed by atoms with Crippen molar-refractivity contribution in [3.63, 3.8) is 0 Å². The molecule has 24 heavy (non-hydrogen) atoms. The molecule has 132 valence electrons. The molecule has 0 radical (unpaired) electrons. The number of hydrogen-bond acceptors (Lipinski definition) is 4. The second kappa shape index (κ2) is 7.66. The third-order valence-corrected chi connectivity index (χ3v) is 5.71. The SMILES string of the molecule is CN1CCCC1COC(=O)C(c1ccccc1)C1(O)CCCCC1. The fraction of sp³-hybridized carbons (Fsp3) is 0.650. The van der Waals surface area contributed by atoms with Gasteiger partial charge in [-0.2, -0.15) is 0 Å². The van der Waals surface area contributed by atoms with Crippen LogP contribution in [-0.4, -0.2) is 47.8 Å². The number of rotatable bonds is 5. The molecule has 0 amide bonds. The van der Waals surface area contributed by atoms with E-state index in [1.54, 1.807) is 0 Å². The van der Waals surface area contributed by atoms with E-state index in [1.807, 2.05) is 30.3 Å². The first-order valence-electron chi connectivity index (χ1n) is 9.24. The molecule has 1 aliphatic heterocycles. The summed E-state index contributed by atoms with van der Waals surface area (Å²) >= 11 is 0. The van der Waals surface area contributed by atoms with Gasteiger partial charge in [-0.3, -0.25) is 4.79 Å². The van der Waals surface area contributed by atoms with E-state index in [2.05, 4.69) is 11.9 Å². The maximum absolute atomic E-state index is 12.9. The first kappa shape index (κ1) is 17.4. The van der Waals surface area contributed by atoms with E-state index in [0.29, 0.717) is 25.5 Å². The van der Waals surface area contributed by atoms with Crippen molar-refractivity contribution in [1.82, 2.24) is 4.90 Å². The first-order valence-corrected chi connectivity index (χ1v) is 9.24. The molecular formula is C20H29NO3. The quantitative estimate of drug-likeness (QED) is 0.842. The van der Waals surface area contributed by atoms with E-state index in [-0.39, 0.29) is 5.97 Å². The summed E-state index contributed by atoms with van der Waals surface area (Å²) in [5.74, 6) is -0.850. The summed E-state index contributed by atoms with van der Waals surface area (Å²) < 4.78 is 5.69. The van der Waals surface area contributed by atoms with Crippen molar-refractivity contribution in [1.29, 1.82) is 0 Å². The highest BCUT2D eigenvalue weighted by atomic mass is 16.5. The molecule has 4 heteroatoms. The van der Waals surface area contributed by atoms with E-state index in [0.717, 1.165) is 44.2 Å². The van der Waals surface area contributed by atoms with Gasteiger partial charge in [-0.15, -0.1) is 0 Å². The molecule has 2 unspecified atom stereocenters. The van der Waals surface area contributed by atoms with Crippen LogP contribution >= 0.6 is 0 Å². The Balaban J connectivity index is 1.75. The highest BCUT2D eigenvalue weighted by Crippen LogP contribution is 2.40. The minimum Gasteiger partial charge on any atom is -0.463 e. The van der Waals surface area contributed by atoms with Gasteiger partial charge in [0, 0.05) is 6.04 Å². The average molecular weight is 331 g/mol. The molecular weight excluding hydrogens is 302 g/mol. The maximum Gasteiger partial charge on any atom is 0.316 e. The Morgan fingerprint density at radius 2 is 1.96 bits per heavy atom. The lowest BCUT2D eigenvalue weighted by Gasteiger charge is -2.38. The summed E-state index contributed by atoms with van der Waals surface area (Å²) in [4.78, 5) is 15.2. The van der Waals surface area contributed by atoms with Crippen molar-refractivity contribution in [2.75, 3.05) is 20.2 Å². The van der Waals surface area contributed by atoms with Crippen molar-refractivity contribution in [2.45, 2.75) is 62.5 Å². The molecule has 2 aliphatic rings. The number of ether oxygens (including phenoxy) is 1. The second-order valence-corrected chi connectivity index (χ2v) is 7.41. The summed E-state index contributed by atoms with van der Waals surface area (Å²) in [6.07, 6.45) is 6.65. The molecule has 2 atom stereocenters. The van der Waals surface area contributed by atoms with Crippen LogP contribution in [0.5, 0.6) is 0 Å². The lowest BCUT2D eigenvalue weighted by Crippen LogP contribution is -2.43. The molecule has 1 N–H and O–H groups in total. The molecule has 0 aromatic heterocycles. The molecule has 1 aliphatic carbocycles. The Morgan fingerprint density at radius 1 is 1.25 bits per heavy atom. The Bertz CT molecular complexity index is 539. The number of likely N-dealkylation sites (N-methyl/N-ethyl adjacent to an activating group) is 1. The van der Waals surface area contributed by atoms with Gasteiger partial charge in [0.05, 0.1) is 5.60 Å². The van der Waals surface area contributed by atoms with Crippen molar-refractivity contribution in [3.8, 4) is 0 Å². The average Bonchev–Trinajstić information content (AvgIpc) is 3.00. The lowest BCUT2D eigenvalue weighted by molar-refractivity contribution is -0.156. The Hall–Kier alpha value is -1.39. The fourth-order valence-corrected chi connectivity index (χ4v) is 4.22. The van der Waals surface area contributed by atoms with Crippen LogP contribution in [0.15, 0.2) is 30.3 Å². The molecule has 1 aromatic rings. The van der Waals surface area contributed by atoms with Crippen LogP contribution in [0.2, 0.25) is 0 Å². The molecule has 3 rings (SSSR count). The van der Waals surface area contributed by atoms with E-state index in [9.17, 15) is 9.90 Å². The van der Waals surface area contributed by atoms with Crippen molar-refractivity contribution in [2.24, 2.45) is 0 Å².